The van der Waals surface area contributed by atoms with Crippen molar-refractivity contribution in [1.82, 2.24) is 9.80 Å². The molecule has 0 unspecified atom stereocenters. The quantitative estimate of drug-likeness (QED) is 0.489. The highest BCUT2D eigenvalue weighted by Gasteiger charge is 2.24. The Balaban J connectivity index is 1.63. The molecule has 1 heterocycles. The summed E-state index contributed by atoms with van der Waals surface area (Å²) in [6, 6.07) is 9.89. The van der Waals surface area contributed by atoms with Crippen LogP contribution in [0, 0.1) is 10.1 Å². The molecule has 2 aromatic carbocycles. The Hall–Kier alpha value is -2.84. The summed E-state index contributed by atoms with van der Waals surface area (Å²) in [7, 11) is 1.51. The number of nitro groups is 1. The first-order valence-electron chi connectivity index (χ1n) is 9.68. The van der Waals surface area contributed by atoms with Gasteiger partial charge in [-0.25, -0.2) is 0 Å². The molecule has 0 spiro atoms. The first kappa shape index (κ1) is 21.9. The molecule has 30 heavy (non-hydrogen) atoms. The largest absolute Gasteiger partial charge is 0.493 e. The van der Waals surface area contributed by atoms with Gasteiger partial charge in [-0.05, 0) is 24.6 Å². The second-order valence-electron chi connectivity index (χ2n) is 6.92. The van der Waals surface area contributed by atoms with Crippen molar-refractivity contribution in [3.05, 3.63) is 62.7 Å². The molecule has 0 aliphatic carbocycles. The van der Waals surface area contributed by atoms with Gasteiger partial charge in [0, 0.05) is 50.4 Å². The van der Waals surface area contributed by atoms with Crippen LogP contribution in [0.15, 0.2) is 36.4 Å². The number of nitro benzene ring substituents is 1. The predicted octanol–water partition coefficient (Wildman–Crippen LogP) is 3.61. The molecule has 8 nitrogen and oxygen atoms in total. The number of halogens is 1. The molecule has 0 aromatic heterocycles. The molecule has 0 radical (unpaired) electrons. The van der Waals surface area contributed by atoms with Gasteiger partial charge < -0.3 is 14.4 Å². The van der Waals surface area contributed by atoms with Gasteiger partial charge in [0.1, 0.15) is 0 Å². The molecule has 0 atom stereocenters. The Morgan fingerprint density at radius 1 is 1.20 bits per heavy atom. The molecule has 1 saturated heterocycles. The molecular weight excluding hydrogens is 410 g/mol. The Bertz CT molecular complexity index is 929. The van der Waals surface area contributed by atoms with Crippen LogP contribution in [0.3, 0.4) is 0 Å². The summed E-state index contributed by atoms with van der Waals surface area (Å²) >= 11 is 6.29. The number of hydrogen-bond acceptors (Lipinski definition) is 6. The average molecular weight is 434 g/mol. The van der Waals surface area contributed by atoms with Crippen LogP contribution in [0.4, 0.5) is 5.69 Å². The van der Waals surface area contributed by atoms with Gasteiger partial charge in [-0.2, -0.15) is 0 Å². The predicted molar refractivity (Wildman–Crippen MR) is 113 cm³/mol. The number of nitrogens with zero attached hydrogens (tertiary/aromatic N) is 3. The normalized spacial score (nSPS) is 14.4. The van der Waals surface area contributed by atoms with Crippen LogP contribution in [-0.4, -0.2) is 60.5 Å². The van der Waals surface area contributed by atoms with Gasteiger partial charge in [-0.3, -0.25) is 19.8 Å². The fourth-order valence-electron chi connectivity index (χ4n) is 3.45. The maximum absolute atomic E-state index is 13.0. The summed E-state index contributed by atoms with van der Waals surface area (Å²) in [5.74, 6) is 0.741. The van der Waals surface area contributed by atoms with Gasteiger partial charge in [0.2, 0.25) is 0 Å². The van der Waals surface area contributed by atoms with Crippen molar-refractivity contribution in [2.24, 2.45) is 0 Å². The van der Waals surface area contributed by atoms with Crippen LogP contribution in [-0.2, 0) is 6.54 Å². The number of piperazine rings is 1. The Labute approximate surface area is 180 Å². The monoisotopic (exact) mass is 433 g/mol. The lowest BCUT2D eigenvalue weighted by atomic mass is 10.1. The number of rotatable bonds is 7. The molecule has 0 N–H and O–H groups in total. The molecule has 2 aromatic rings. The minimum absolute atomic E-state index is 0.0858. The Morgan fingerprint density at radius 3 is 2.57 bits per heavy atom. The highest BCUT2D eigenvalue weighted by Crippen LogP contribution is 2.36. The molecule has 1 amide bonds. The van der Waals surface area contributed by atoms with E-state index in [4.69, 9.17) is 21.1 Å². The van der Waals surface area contributed by atoms with E-state index >= 15 is 0 Å². The van der Waals surface area contributed by atoms with Gasteiger partial charge in [-0.15, -0.1) is 0 Å². The number of ether oxygens (including phenoxy) is 2. The van der Waals surface area contributed by atoms with Gasteiger partial charge in [0.05, 0.1) is 23.7 Å². The minimum atomic E-state index is -0.393. The van der Waals surface area contributed by atoms with Crippen molar-refractivity contribution in [3.8, 4) is 11.5 Å². The standard InChI is InChI=1S/C21H24ClN3O5/c1-3-30-20-18(22)12-16(13-19(20)29-2)21(26)24-9-7-23(8-10-24)14-15-5-4-6-17(11-15)25(27)28/h4-6,11-13H,3,7-10,14H2,1-2H3. The molecule has 1 fully saturated rings. The van der Waals surface area contributed by atoms with Crippen molar-refractivity contribution in [2.45, 2.75) is 13.5 Å². The van der Waals surface area contributed by atoms with Gasteiger partial charge in [0.15, 0.2) is 11.5 Å². The summed E-state index contributed by atoms with van der Waals surface area (Å²) in [6.07, 6.45) is 0. The van der Waals surface area contributed by atoms with E-state index in [1.54, 1.807) is 29.2 Å². The molecule has 1 aliphatic rings. The van der Waals surface area contributed by atoms with Crippen molar-refractivity contribution < 1.29 is 19.2 Å². The average Bonchev–Trinajstić information content (AvgIpc) is 2.75. The summed E-state index contributed by atoms with van der Waals surface area (Å²) in [6.45, 7) is 5.36. The lowest BCUT2D eigenvalue weighted by Crippen LogP contribution is -2.48. The third kappa shape index (κ3) is 5.01. The number of hydrogen-bond donors (Lipinski definition) is 0. The molecular formula is C21H24ClN3O5. The van der Waals surface area contributed by atoms with Crippen molar-refractivity contribution in [3.63, 3.8) is 0 Å². The highest BCUT2D eigenvalue weighted by molar-refractivity contribution is 6.32. The zero-order valence-corrected chi connectivity index (χ0v) is 17.7. The van der Waals surface area contributed by atoms with Gasteiger partial charge in [-0.1, -0.05) is 23.7 Å². The molecule has 9 heteroatoms. The van der Waals surface area contributed by atoms with E-state index in [-0.39, 0.29) is 11.6 Å². The number of methoxy groups -OCH3 is 1. The first-order chi connectivity index (χ1) is 14.4. The molecule has 1 aliphatic heterocycles. The van der Waals surface area contributed by atoms with Crippen LogP contribution >= 0.6 is 11.6 Å². The van der Waals surface area contributed by atoms with E-state index in [1.165, 1.54) is 13.2 Å². The third-order valence-corrected chi connectivity index (χ3v) is 5.23. The number of non-ortho nitro benzene ring substituents is 1. The zero-order valence-electron chi connectivity index (χ0n) is 17.0. The van der Waals surface area contributed by atoms with Crippen LogP contribution < -0.4 is 9.47 Å². The molecule has 0 bridgehead atoms. The summed E-state index contributed by atoms with van der Waals surface area (Å²) < 4.78 is 10.8. The van der Waals surface area contributed by atoms with Gasteiger partial charge in [0.25, 0.3) is 11.6 Å². The topological polar surface area (TPSA) is 85.2 Å². The van der Waals surface area contributed by atoms with Crippen molar-refractivity contribution in [1.29, 1.82) is 0 Å². The van der Waals surface area contributed by atoms with E-state index < -0.39 is 4.92 Å². The molecule has 3 rings (SSSR count). The van der Waals surface area contributed by atoms with Crippen molar-refractivity contribution in [2.75, 3.05) is 39.9 Å². The van der Waals surface area contributed by atoms with E-state index in [2.05, 4.69) is 4.90 Å². The zero-order chi connectivity index (χ0) is 21.7. The van der Waals surface area contributed by atoms with E-state index in [0.717, 1.165) is 5.56 Å². The summed E-state index contributed by atoms with van der Waals surface area (Å²) in [5.41, 5.74) is 1.42. The molecule has 0 saturated carbocycles. The van der Waals surface area contributed by atoms with Crippen LogP contribution in [0.2, 0.25) is 5.02 Å². The smallest absolute Gasteiger partial charge is 0.269 e. The number of amides is 1. The first-order valence-corrected chi connectivity index (χ1v) is 10.1. The maximum atomic E-state index is 13.0. The van der Waals surface area contributed by atoms with E-state index in [0.29, 0.717) is 61.4 Å². The SMILES string of the molecule is CCOc1c(Cl)cc(C(=O)N2CCN(Cc3cccc([N+](=O)[O-])c3)CC2)cc1OC. The lowest BCUT2D eigenvalue weighted by Gasteiger charge is -2.35. The van der Waals surface area contributed by atoms with Crippen LogP contribution in [0.25, 0.3) is 0 Å². The van der Waals surface area contributed by atoms with E-state index in [9.17, 15) is 14.9 Å². The van der Waals surface area contributed by atoms with E-state index in [1.807, 2.05) is 13.0 Å². The minimum Gasteiger partial charge on any atom is -0.493 e. The van der Waals surface area contributed by atoms with Crippen LogP contribution in [0.5, 0.6) is 11.5 Å². The maximum Gasteiger partial charge on any atom is 0.269 e. The van der Waals surface area contributed by atoms with Gasteiger partial charge >= 0.3 is 0 Å². The fraction of sp³-hybridized carbons (Fsp3) is 0.381. The Morgan fingerprint density at radius 2 is 1.93 bits per heavy atom. The molecule has 160 valence electrons. The summed E-state index contributed by atoms with van der Waals surface area (Å²) in [5, 5.41) is 11.3. The number of carbonyl (C=O) groups excluding carboxylic acids is 1. The number of carbonyl (C=O) groups is 1. The highest BCUT2D eigenvalue weighted by atomic mass is 35.5. The second kappa shape index (κ2) is 9.77. The number of benzene rings is 2. The van der Waals surface area contributed by atoms with Crippen LogP contribution in [0.1, 0.15) is 22.8 Å². The second-order valence-corrected chi connectivity index (χ2v) is 7.33. The fourth-order valence-corrected chi connectivity index (χ4v) is 3.71. The third-order valence-electron chi connectivity index (χ3n) is 4.95. The summed E-state index contributed by atoms with van der Waals surface area (Å²) in [4.78, 5) is 27.5. The van der Waals surface area contributed by atoms with Crippen molar-refractivity contribution >= 4 is 23.2 Å². The Kier molecular flexibility index (Phi) is 7.12. The lowest BCUT2D eigenvalue weighted by molar-refractivity contribution is -0.384.